The molecule has 1 unspecified atom stereocenters. The van der Waals surface area contributed by atoms with Gasteiger partial charge in [0.25, 0.3) is 0 Å². The maximum atomic E-state index is 11.7. The first-order valence-electron chi connectivity index (χ1n) is 13.5. The standard InChI is InChI=1S/C33H34N2O3/c1-3-29(25-10-6-5-7-11-25)33(26-16-13-24(14-17-26)15-20-32(36)37-4-2)27-18-19-30-28(22-27)23-34-35(30)31-12-8-9-21-38-31/h5-7,10-11,13-20,22-23,31H,3-4,8-9,12,21H2,1-2H3. The number of ether oxygens (including phenoxy) is 2. The number of carbonyl (C=O) groups excluding carboxylic acids is 1. The average Bonchev–Trinajstić information content (AvgIpc) is 3.39. The van der Waals surface area contributed by atoms with Crippen molar-refractivity contribution in [1.29, 1.82) is 0 Å². The van der Waals surface area contributed by atoms with Crippen molar-refractivity contribution < 1.29 is 14.3 Å². The zero-order valence-electron chi connectivity index (χ0n) is 22.1. The molecule has 0 spiro atoms. The fraction of sp³-hybridized carbons (Fsp3) is 0.273. The minimum atomic E-state index is -0.331. The number of esters is 1. The quantitative estimate of drug-likeness (QED) is 0.140. The molecule has 5 rings (SSSR count). The van der Waals surface area contributed by atoms with Crippen LogP contribution in [0.25, 0.3) is 28.1 Å². The van der Waals surface area contributed by atoms with Gasteiger partial charge in [0.2, 0.25) is 0 Å². The predicted molar refractivity (Wildman–Crippen MR) is 153 cm³/mol. The molecule has 1 aliphatic rings. The summed E-state index contributed by atoms with van der Waals surface area (Å²) in [4.78, 5) is 11.7. The van der Waals surface area contributed by atoms with Crippen molar-refractivity contribution >= 4 is 34.1 Å². The third kappa shape index (κ3) is 5.63. The number of aromatic nitrogens is 2. The van der Waals surface area contributed by atoms with E-state index in [1.165, 1.54) is 29.2 Å². The Labute approximate surface area is 224 Å². The fourth-order valence-corrected chi connectivity index (χ4v) is 5.15. The highest BCUT2D eigenvalue weighted by molar-refractivity contribution is 6.00. The maximum absolute atomic E-state index is 11.7. The van der Waals surface area contributed by atoms with Crippen molar-refractivity contribution in [2.75, 3.05) is 13.2 Å². The van der Waals surface area contributed by atoms with Gasteiger partial charge in [-0.2, -0.15) is 5.10 Å². The molecular formula is C33H34N2O3. The SMILES string of the molecule is CCOC(=O)C=Cc1ccc(C(=C(CC)c2ccccc2)c2ccc3c(cnn3C3CCCCO3)c2)cc1. The van der Waals surface area contributed by atoms with E-state index >= 15 is 0 Å². The Morgan fingerprint density at radius 2 is 1.79 bits per heavy atom. The number of hydrogen-bond acceptors (Lipinski definition) is 4. The van der Waals surface area contributed by atoms with Gasteiger partial charge in [-0.05, 0) is 84.2 Å². The number of hydrogen-bond donors (Lipinski definition) is 0. The summed E-state index contributed by atoms with van der Waals surface area (Å²) in [5, 5.41) is 5.81. The summed E-state index contributed by atoms with van der Waals surface area (Å²) in [6.45, 7) is 5.17. The van der Waals surface area contributed by atoms with E-state index in [1.807, 2.05) is 23.0 Å². The molecule has 5 heteroatoms. The second kappa shape index (κ2) is 12.1. The van der Waals surface area contributed by atoms with Gasteiger partial charge in [-0.1, -0.05) is 67.6 Å². The van der Waals surface area contributed by atoms with Gasteiger partial charge in [0, 0.05) is 18.1 Å². The molecule has 4 aromatic rings. The monoisotopic (exact) mass is 506 g/mol. The van der Waals surface area contributed by atoms with Gasteiger partial charge in [0.15, 0.2) is 6.23 Å². The van der Waals surface area contributed by atoms with Crippen LogP contribution in [-0.4, -0.2) is 29.0 Å². The highest BCUT2D eigenvalue weighted by Crippen LogP contribution is 2.36. The van der Waals surface area contributed by atoms with E-state index in [1.54, 1.807) is 13.0 Å². The summed E-state index contributed by atoms with van der Waals surface area (Å²) in [5.74, 6) is -0.331. The first-order valence-corrected chi connectivity index (χ1v) is 13.5. The van der Waals surface area contributed by atoms with E-state index in [9.17, 15) is 4.79 Å². The van der Waals surface area contributed by atoms with Crippen LogP contribution in [0.15, 0.2) is 85.1 Å². The van der Waals surface area contributed by atoms with Crippen molar-refractivity contribution in [1.82, 2.24) is 9.78 Å². The van der Waals surface area contributed by atoms with Crippen LogP contribution in [0.2, 0.25) is 0 Å². The molecule has 0 N–H and O–H groups in total. The Morgan fingerprint density at radius 1 is 1.00 bits per heavy atom. The predicted octanol–water partition coefficient (Wildman–Crippen LogP) is 7.68. The van der Waals surface area contributed by atoms with E-state index in [0.29, 0.717) is 6.61 Å². The van der Waals surface area contributed by atoms with Crippen molar-refractivity contribution in [2.24, 2.45) is 0 Å². The molecule has 1 aromatic heterocycles. The summed E-state index contributed by atoms with van der Waals surface area (Å²) in [7, 11) is 0. The highest BCUT2D eigenvalue weighted by Gasteiger charge is 2.20. The summed E-state index contributed by atoms with van der Waals surface area (Å²) in [6, 6.07) is 25.5. The lowest BCUT2D eigenvalue weighted by Crippen LogP contribution is -2.18. The molecule has 1 aliphatic heterocycles. The Balaban J connectivity index is 1.57. The number of nitrogens with zero attached hydrogens (tertiary/aromatic N) is 2. The van der Waals surface area contributed by atoms with Gasteiger partial charge in [-0.3, -0.25) is 0 Å². The molecule has 0 saturated carbocycles. The molecule has 1 saturated heterocycles. The highest BCUT2D eigenvalue weighted by atomic mass is 16.5. The van der Waals surface area contributed by atoms with E-state index < -0.39 is 0 Å². The number of benzene rings is 3. The van der Waals surface area contributed by atoms with Gasteiger partial charge in [0.1, 0.15) is 0 Å². The lowest BCUT2D eigenvalue weighted by atomic mass is 9.87. The minimum Gasteiger partial charge on any atom is -0.463 e. The minimum absolute atomic E-state index is 0.00726. The summed E-state index contributed by atoms with van der Waals surface area (Å²) in [5.41, 5.74) is 8.01. The second-order valence-electron chi connectivity index (χ2n) is 9.46. The molecule has 1 fully saturated rings. The zero-order chi connectivity index (χ0) is 26.3. The number of allylic oxidation sites excluding steroid dienone is 1. The van der Waals surface area contributed by atoms with E-state index in [2.05, 4.69) is 67.6 Å². The van der Waals surface area contributed by atoms with Crippen LogP contribution < -0.4 is 0 Å². The molecular weight excluding hydrogens is 472 g/mol. The Bertz CT molecular complexity index is 1440. The third-order valence-electron chi connectivity index (χ3n) is 6.99. The Kier molecular flexibility index (Phi) is 8.15. The Morgan fingerprint density at radius 3 is 2.50 bits per heavy atom. The zero-order valence-corrected chi connectivity index (χ0v) is 22.1. The number of carbonyl (C=O) groups is 1. The fourth-order valence-electron chi connectivity index (χ4n) is 5.15. The molecule has 0 amide bonds. The largest absolute Gasteiger partial charge is 0.463 e. The van der Waals surface area contributed by atoms with Gasteiger partial charge < -0.3 is 9.47 Å². The number of rotatable bonds is 8. The molecule has 194 valence electrons. The van der Waals surface area contributed by atoms with Gasteiger partial charge in [0.05, 0.1) is 18.3 Å². The van der Waals surface area contributed by atoms with Crippen molar-refractivity contribution in [3.63, 3.8) is 0 Å². The molecule has 0 bridgehead atoms. The molecule has 5 nitrogen and oxygen atoms in total. The van der Waals surface area contributed by atoms with Gasteiger partial charge in [-0.15, -0.1) is 0 Å². The second-order valence-corrected chi connectivity index (χ2v) is 9.46. The van der Waals surface area contributed by atoms with Crippen LogP contribution in [0.3, 0.4) is 0 Å². The van der Waals surface area contributed by atoms with Crippen molar-refractivity contribution in [3.8, 4) is 0 Å². The topological polar surface area (TPSA) is 53.3 Å². The van der Waals surface area contributed by atoms with Crippen molar-refractivity contribution in [2.45, 2.75) is 45.8 Å². The molecule has 0 radical (unpaired) electrons. The molecule has 38 heavy (non-hydrogen) atoms. The van der Waals surface area contributed by atoms with Gasteiger partial charge >= 0.3 is 5.97 Å². The van der Waals surface area contributed by atoms with Crippen LogP contribution in [0, 0.1) is 0 Å². The van der Waals surface area contributed by atoms with Crippen LogP contribution >= 0.6 is 0 Å². The lowest BCUT2D eigenvalue weighted by molar-refractivity contribution is -0.137. The average molecular weight is 507 g/mol. The molecule has 0 aliphatic carbocycles. The summed E-state index contributed by atoms with van der Waals surface area (Å²) >= 11 is 0. The molecule has 1 atom stereocenters. The van der Waals surface area contributed by atoms with Gasteiger partial charge in [-0.25, -0.2) is 9.48 Å². The third-order valence-corrected chi connectivity index (χ3v) is 6.99. The lowest BCUT2D eigenvalue weighted by Gasteiger charge is -2.23. The van der Waals surface area contributed by atoms with E-state index in [0.717, 1.165) is 53.5 Å². The molecule has 3 aromatic carbocycles. The van der Waals surface area contributed by atoms with Crippen LogP contribution in [0.4, 0.5) is 0 Å². The summed E-state index contributed by atoms with van der Waals surface area (Å²) < 4.78 is 13.0. The molecule has 2 heterocycles. The summed E-state index contributed by atoms with van der Waals surface area (Å²) in [6.07, 6.45) is 9.38. The first-order chi connectivity index (χ1) is 18.7. The number of fused-ring (bicyclic) bond motifs is 1. The van der Waals surface area contributed by atoms with E-state index in [4.69, 9.17) is 14.6 Å². The first kappa shape index (κ1) is 25.7. The normalized spacial score (nSPS) is 16.5. The Hall–Kier alpha value is -3.96. The van der Waals surface area contributed by atoms with E-state index in [-0.39, 0.29) is 12.2 Å². The van der Waals surface area contributed by atoms with Crippen molar-refractivity contribution in [3.05, 3.63) is 107 Å². The van der Waals surface area contributed by atoms with Crippen LogP contribution in [-0.2, 0) is 14.3 Å². The smallest absolute Gasteiger partial charge is 0.330 e. The van der Waals surface area contributed by atoms with Crippen LogP contribution in [0.5, 0.6) is 0 Å². The maximum Gasteiger partial charge on any atom is 0.330 e. The van der Waals surface area contributed by atoms with Crippen LogP contribution in [0.1, 0.15) is 68.0 Å².